The fraction of sp³-hybridized carbons (Fsp3) is 0.450. The average Bonchev–Trinajstić information content (AvgIpc) is 3.38. The number of pyridine rings is 1. The Hall–Kier alpha value is -2.07. The molecule has 1 aromatic carbocycles. The van der Waals surface area contributed by atoms with Gasteiger partial charge in [-0.15, -0.1) is 0 Å². The molecule has 1 aromatic heterocycles. The van der Waals surface area contributed by atoms with E-state index in [1.165, 1.54) is 30.4 Å². The molecule has 1 aliphatic carbocycles. The Morgan fingerprint density at radius 1 is 1.12 bits per heavy atom. The smallest absolute Gasteiger partial charge is 0.125 e. The second kappa shape index (κ2) is 8.15. The largest absolute Gasteiger partial charge is 0.385 e. The van der Waals surface area contributed by atoms with E-state index in [9.17, 15) is 0 Å². The van der Waals surface area contributed by atoms with Crippen molar-refractivity contribution < 1.29 is 0 Å². The number of rotatable bonds is 9. The number of aromatic nitrogens is 1. The fourth-order valence-electron chi connectivity index (χ4n) is 2.75. The molecule has 1 saturated carbocycles. The van der Waals surface area contributed by atoms with E-state index >= 15 is 0 Å². The van der Waals surface area contributed by atoms with E-state index in [1.807, 2.05) is 6.07 Å². The number of nitrogens with zero attached hydrogens (tertiary/aromatic N) is 1. The molecule has 0 radical (unpaired) electrons. The zero-order valence-electron chi connectivity index (χ0n) is 14.5. The Balaban J connectivity index is 1.59. The van der Waals surface area contributed by atoms with Crippen LogP contribution in [0.15, 0.2) is 36.4 Å². The van der Waals surface area contributed by atoms with Crippen LogP contribution in [0, 0.1) is 0 Å². The number of benzene rings is 1. The molecule has 0 atom stereocenters. The highest BCUT2D eigenvalue weighted by Gasteiger charge is 2.19. The third-order valence-electron chi connectivity index (χ3n) is 4.34. The quantitative estimate of drug-likeness (QED) is 0.615. The molecule has 0 amide bonds. The van der Waals surface area contributed by atoms with Crippen LogP contribution in [-0.4, -0.2) is 17.6 Å². The molecule has 128 valence electrons. The zero-order chi connectivity index (χ0) is 16.8. The van der Waals surface area contributed by atoms with Gasteiger partial charge in [0, 0.05) is 43.0 Å². The Bertz CT molecular complexity index is 647. The lowest BCUT2D eigenvalue weighted by Gasteiger charge is -2.10. The van der Waals surface area contributed by atoms with Crippen molar-refractivity contribution in [1.29, 1.82) is 0 Å². The van der Waals surface area contributed by atoms with Gasteiger partial charge in [-0.1, -0.05) is 37.6 Å². The number of nitrogen functional groups attached to an aromatic ring is 1. The Morgan fingerprint density at radius 3 is 2.58 bits per heavy atom. The lowest BCUT2D eigenvalue weighted by Crippen LogP contribution is -2.15. The molecule has 0 saturated heterocycles. The van der Waals surface area contributed by atoms with Crippen LogP contribution >= 0.6 is 0 Å². The third-order valence-corrected chi connectivity index (χ3v) is 4.34. The second-order valence-corrected chi connectivity index (χ2v) is 6.70. The molecule has 0 bridgehead atoms. The van der Waals surface area contributed by atoms with Crippen LogP contribution in [-0.2, 0) is 13.0 Å². The summed E-state index contributed by atoms with van der Waals surface area (Å²) in [6.07, 6.45) is 5.81. The number of hydrogen-bond acceptors (Lipinski definition) is 4. The molecule has 24 heavy (non-hydrogen) atoms. The van der Waals surface area contributed by atoms with Crippen LogP contribution in [0.5, 0.6) is 0 Å². The molecule has 3 rings (SSSR count). The monoisotopic (exact) mass is 324 g/mol. The summed E-state index contributed by atoms with van der Waals surface area (Å²) in [5.74, 6) is 0.580. The van der Waals surface area contributed by atoms with E-state index < -0.39 is 0 Å². The van der Waals surface area contributed by atoms with E-state index in [-0.39, 0.29) is 0 Å². The molecule has 0 spiro atoms. The van der Waals surface area contributed by atoms with Gasteiger partial charge in [-0.25, -0.2) is 4.98 Å². The second-order valence-electron chi connectivity index (χ2n) is 6.70. The van der Waals surface area contributed by atoms with Crippen molar-refractivity contribution in [3.8, 4) is 0 Å². The molecular weight excluding hydrogens is 296 g/mol. The van der Waals surface area contributed by atoms with Gasteiger partial charge >= 0.3 is 0 Å². The van der Waals surface area contributed by atoms with E-state index in [0.29, 0.717) is 5.82 Å². The first kappa shape index (κ1) is 16.8. The fourth-order valence-corrected chi connectivity index (χ4v) is 2.75. The molecule has 0 aliphatic heterocycles. The zero-order valence-corrected chi connectivity index (χ0v) is 14.5. The van der Waals surface area contributed by atoms with Crippen molar-refractivity contribution in [3.05, 3.63) is 53.2 Å². The summed E-state index contributed by atoms with van der Waals surface area (Å²) < 4.78 is 0. The average molecular weight is 324 g/mol. The first-order valence-corrected chi connectivity index (χ1v) is 9.04. The highest BCUT2D eigenvalue weighted by atomic mass is 14.9. The first-order chi connectivity index (χ1) is 11.7. The number of unbranched alkanes of at least 4 members (excludes halogenated alkanes) is 1. The van der Waals surface area contributed by atoms with E-state index in [2.05, 4.69) is 52.9 Å². The van der Waals surface area contributed by atoms with Crippen LogP contribution < -0.4 is 16.4 Å². The van der Waals surface area contributed by atoms with Crippen LogP contribution in [0.4, 0.5) is 11.5 Å². The Labute approximate surface area is 144 Å². The van der Waals surface area contributed by atoms with Gasteiger partial charge in [0.2, 0.25) is 0 Å². The maximum atomic E-state index is 5.96. The van der Waals surface area contributed by atoms with Crippen LogP contribution in [0.3, 0.4) is 0 Å². The summed E-state index contributed by atoms with van der Waals surface area (Å²) >= 11 is 0. The standard InChI is InChI=1S/C20H28N4/c1-2-3-10-22-18-12-19(24-20(21)13-18)11-15-4-6-16(7-5-15)14-23-17-8-9-17/h4-7,12-13,17,23H,2-3,8-11,14H2,1H3,(H3,21,22,24). The molecule has 2 aromatic rings. The summed E-state index contributed by atoms with van der Waals surface area (Å²) in [5, 5.41) is 6.97. The normalized spacial score (nSPS) is 13.9. The molecule has 4 nitrogen and oxygen atoms in total. The van der Waals surface area contributed by atoms with Gasteiger partial charge < -0.3 is 16.4 Å². The van der Waals surface area contributed by atoms with Crippen molar-refractivity contribution in [1.82, 2.24) is 10.3 Å². The molecular formula is C20H28N4. The summed E-state index contributed by atoms with van der Waals surface area (Å²) in [5.41, 5.74) is 10.6. The topological polar surface area (TPSA) is 63.0 Å². The van der Waals surface area contributed by atoms with Crippen LogP contribution in [0.2, 0.25) is 0 Å². The van der Waals surface area contributed by atoms with Gasteiger partial charge in [0.1, 0.15) is 5.82 Å². The van der Waals surface area contributed by atoms with Gasteiger partial charge in [0.05, 0.1) is 0 Å². The highest BCUT2D eigenvalue weighted by molar-refractivity contribution is 5.52. The van der Waals surface area contributed by atoms with E-state index in [4.69, 9.17) is 5.73 Å². The number of hydrogen-bond donors (Lipinski definition) is 3. The van der Waals surface area contributed by atoms with Crippen molar-refractivity contribution >= 4 is 11.5 Å². The molecule has 4 N–H and O–H groups in total. The predicted molar refractivity (Wildman–Crippen MR) is 101 cm³/mol. The van der Waals surface area contributed by atoms with Crippen molar-refractivity contribution in [2.45, 2.75) is 51.6 Å². The molecule has 1 heterocycles. The minimum absolute atomic E-state index is 0.580. The minimum atomic E-state index is 0.580. The number of nitrogens with one attached hydrogen (secondary N) is 2. The summed E-state index contributed by atoms with van der Waals surface area (Å²) in [6.45, 7) is 4.13. The molecule has 0 unspecified atom stereocenters. The van der Waals surface area contributed by atoms with Gasteiger partial charge in [0.25, 0.3) is 0 Å². The predicted octanol–water partition coefficient (Wildman–Crippen LogP) is 3.72. The van der Waals surface area contributed by atoms with Crippen molar-refractivity contribution in [2.24, 2.45) is 0 Å². The molecule has 4 heteroatoms. The van der Waals surface area contributed by atoms with Crippen molar-refractivity contribution in [3.63, 3.8) is 0 Å². The molecule has 1 aliphatic rings. The van der Waals surface area contributed by atoms with Crippen LogP contribution in [0.1, 0.15) is 49.4 Å². The number of nitrogens with two attached hydrogens (primary N) is 1. The van der Waals surface area contributed by atoms with E-state index in [1.54, 1.807) is 0 Å². The summed E-state index contributed by atoms with van der Waals surface area (Å²) in [4.78, 5) is 4.47. The van der Waals surface area contributed by atoms with Crippen LogP contribution in [0.25, 0.3) is 0 Å². The van der Waals surface area contributed by atoms with Gasteiger partial charge in [-0.2, -0.15) is 0 Å². The highest BCUT2D eigenvalue weighted by Crippen LogP contribution is 2.20. The molecule has 1 fully saturated rings. The van der Waals surface area contributed by atoms with E-state index in [0.717, 1.165) is 43.4 Å². The lowest BCUT2D eigenvalue weighted by atomic mass is 10.1. The lowest BCUT2D eigenvalue weighted by molar-refractivity contribution is 0.687. The summed E-state index contributed by atoms with van der Waals surface area (Å²) in [6, 6.07) is 13.6. The van der Waals surface area contributed by atoms with Gasteiger partial charge in [0.15, 0.2) is 0 Å². The maximum Gasteiger partial charge on any atom is 0.125 e. The third kappa shape index (κ3) is 5.24. The van der Waals surface area contributed by atoms with Gasteiger partial charge in [-0.3, -0.25) is 0 Å². The number of anilines is 2. The van der Waals surface area contributed by atoms with Gasteiger partial charge in [-0.05, 0) is 36.5 Å². The van der Waals surface area contributed by atoms with Crippen molar-refractivity contribution in [2.75, 3.05) is 17.6 Å². The SMILES string of the molecule is CCCCNc1cc(N)nc(Cc2ccc(CNC3CC3)cc2)c1. The summed E-state index contributed by atoms with van der Waals surface area (Å²) in [7, 11) is 0. The maximum absolute atomic E-state index is 5.96. The minimum Gasteiger partial charge on any atom is -0.385 e. The first-order valence-electron chi connectivity index (χ1n) is 9.04. The Morgan fingerprint density at radius 2 is 1.88 bits per heavy atom. The Kier molecular flexibility index (Phi) is 5.70.